The molecule has 0 radical (unpaired) electrons. The van der Waals surface area contributed by atoms with Gasteiger partial charge in [-0.05, 0) is 25.5 Å². The van der Waals surface area contributed by atoms with Crippen LogP contribution in [0.25, 0.3) is 11.5 Å². The number of aryl methyl sites for hydroxylation is 1. The van der Waals surface area contributed by atoms with Gasteiger partial charge in [0.05, 0.1) is 5.25 Å². The van der Waals surface area contributed by atoms with Gasteiger partial charge < -0.3 is 9.32 Å². The summed E-state index contributed by atoms with van der Waals surface area (Å²) in [5.41, 5.74) is 1.99. The number of hydrogen-bond acceptors (Lipinski definition) is 5. The van der Waals surface area contributed by atoms with Crippen LogP contribution in [-0.2, 0) is 4.79 Å². The van der Waals surface area contributed by atoms with Crippen molar-refractivity contribution < 1.29 is 9.21 Å². The van der Waals surface area contributed by atoms with E-state index in [-0.39, 0.29) is 11.2 Å². The Hall–Kier alpha value is -1.82. The number of rotatable bonds is 4. The maximum absolute atomic E-state index is 11.8. The summed E-state index contributed by atoms with van der Waals surface area (Å²) in [7, 11) is 3.46. The van der Waals surface area contributed by atoms with Gasteiger partial charge in [0.25, 0.3) is 5.22 Å². The highest BCUT2D eigenvalue weighted by Crippen LogP contribution is 2.28. The summed E-state index contributed by atoms with van der Waals surface area (Å²) in [6, 6.07) is 7.82. The predicted molar refractivity (Wildman–Crippen MR) is 78.5 cm³/mol. The summed E-state index contributed by atoms with van der Waals surface area (Å²) in [6.07, 6.45) is 0. The Morgan fingerprint density at radius 2 is 2.00 bits per heavy atom. The standard InChI is InChI=1S/C14H17N3O2S/c1-9-7-5-6-8-11(9)12-15-16-14(19-12)20-10(2)13(18)17(3)4/h5-8,10H,1-4H3. The Morgan fingerprint density at radius 3 is 2.65 bits per heavy atom. The molecule has 1 aromatic carbocycles. The molecule has 1 heterocycles. The molecule has 0 saturated heterocycles. The van der Waals surface area contributed by atoms with Crippen molar-refractivity contribution in [3.8, 4) is 11.5 Å². The number of amides is 1. The van der Waals surface area contributed by atoms with E-state index in [1.165, 1.54) is 11.8 Å². The van der Waals surface area contributed by atoms with Gasteiger partial charge in [0.2, 0.25) is 11.8 Å². The van der Waals surface area contributed by atoms with Crippen LogP contribution in [0.1, 0.15) is 12.5 Å². The molecule has 1 atom stereocenters. The average Bonchev–Trinajstić information content (AvgIpc) is 2.86. The number of hydrogen-bond donors (Lipinski definition) is 0. The SMILES string of the molecule is Cc1ccccc1-c1nnc(SC(C)C(=O)N(C)C)o1. The van der Waals surface area contributed by atoms with E-state index in [2.05, 4.69) is 10.2 Å². The van der Waals surface area contributed by atoms with Gasteiger partial charge in [-0.15, -0.1) is 10.2 Å². The lowest BCUT2D eigenvalue weighted by Crippen LogP contribution is -2.29. The zero-order valence-corrected chi connectivity index (χ0v) is 12.8. The van der Waals surface area contributed by atoms with E-state index >= 15 is 0 Å². The van der Waals surface area contributed by atoms with Gasteiger partial charge in [-0.2, -0.15) is 0 Å². The highest BCUT2D eigenvalue weighted by molar-refractivity contribution is 8.00. The molecule has 5 nitrogen and oxygen atoms in total. The van der Waals surface area contributed by atoms with E-state index in [0.29, 0.717) is 11.1 Å². The molecule has 0 aliphatic heterocycles. The minimum absolute atomic E-state index is 0.0191. The van der Waals surface area contributed by atoms with Crippen LogP contribution in [0.15, 0.2) is 33.9 Å². The van der Waals surface area contributed by atoms with Crippen LogP contribution in [0.3, 0.4) is 0 Å². The topological polar surface area (TPSA) is 59.2 Å². The van der Waals surface area contributed by atoms with Crippen LogP contribution in [0.4, 0.5) is 0 Å². The first-order valence-corrected chi connectivity index (χ1v) is 7.14. The van der Waals surface area contributed by atoms with Crippen molar-refractivity contribution in [3.05, 3.63) is 29.8 Å². The molecule has 2 rings (SSSR count). The largest absolute Gasteiger partial charge is 0.411 e. The molecule has 6 heteroatoms. The van der Waals surface area contributed by atoms with E-state index in [1.54, 1.807) is 19.0 Å². The first-order valence-electron chi connectivity index (χ1n) is 6.26. The van der Waals surface area contributed by atoms with Crippen LogP contribution in [0, 0.1) is 6.92 Å². The average molecular weight is 291 g/mol. The second-order valence-electron chi connectivity index (χ2n) is 4.68. The zero-order valence-electron chi connectivity index (χ0n) is 12.0. The summed E-state index contributed by atoms with van der Waals surface area (Å²) in [5, 5.41) is 8.19. The van der Waals surface area contributed by atoms with E-state index < -0.39 is 0 Å². The lowest BCUT2D eigenvalue weighted by atomic mass is 10.1. The summed E-state index contributed by atoms with van der Waals surface area (Å²) in [4.78, 5) is 13.3. The van der Waals surface area contributed by atoms with Gasteiger partial charge in [-0.25, -0.2) is 0 Å². The monoisotopic (exact) mass is 291 g/mol. The van der Waals surface area contributed by atoms with Crippen molar-refractivity contribution in [3.63, 3.8) is 0 Å². The first kappa shape index (κ1) is 14.6. The second kappa shape index (κ2) is 6.09. The normalized spacial score (nSPS) is 12.2. The molecule has 0 fully saturated rings. The molecule has 0 aliphatic rings. The number of carbonyl (C=O) groups is 1. The van der Waals surface area contributed by atoms with Crippen molar-refractivity contribution in [1.82, 2.24) is 15.1 Å². The van der Waals surface area contributed by atoms with Crippen LogP contribution >= 0.6 is 11.8 Å². The van der Waals surface area contributed by atoms with Crippen molar-refractivity contribution >= 4 is 17.7 Å². The Kier molecular flexibility index (Phi) is 4.44. The molecule has 0 aliphatic carbocycles. The maximum atomic E-state index is 11.8. The van der Waals surface area contributed by atoms with E-state index in [9.17, 15) is 4.79 Å². The Labute approximate surface area is 122 Å². The molecule has 0 N–H and O–H groups in total. The summed E-state index contributed by atoms with van der Waals surface area (Å²) >= 11 is 1.27. The summed E-state index contributed by atoms with van der Waals surface area (Å²) in [6.45, 7) is 3.81. The van der Waals surface area contributed by atoms with Gasteiger partial charge >= 0.3 is 0 Å². The second-order valence-corrected chi connectivity index (χ2v) is 5.97. The summed E-state index contributed by atoms with van der Waals surface area (Å²) < 4.78 is 5.62. The highest BCUT2D eigenvalue weighted by atomic mass is 32.2. The van der Waals surface area contributed by atoms with E-state index in [0.717, 1.165) is 11.1 Å². The third-order valence-electron chi connectivity index (χ3n) is 2.85. The summed E-state index contributed by atoms with van der Waals surface area (Å²) in [5.74, 6) is 0.501. The number of carbonyl (C=O) groups excluding carboxylic acids is 1. The quantitative estimate of drug-likeness (QED) is 0.810. The smallest absolute Gasteiger partial charge is 0.277 e. The molecular weight excluding hydrogens is 274 g/mol. The van der Waals surface area contributed by atoms with Gasteiger partial charge in [0.15, 0.2) is 0 Å². The molecule has 2 aromatic rings. The van der Waals surface area contributed by atoms with E-state index in [4.69, 9.17) is 4.42 Å². The van der Waals surface area contributed by atoms with Crippen molar-refractivity contribution in [2.24, 2.45) is 0 Å². The molecule has 0 spiro atoms. The molecule has 0 bridgehead atoms. The fourth-order valence-corrected chi connectivity index (χ4v) is 2.57. The van der Waals surface area contributed by atoms with Gasteiger partial charge in [0.1, 0.15) is 0 Å². The van der Waals surface area contributed by atoms with Crippen LogP contribution in [0.5, 0.6) is 0 Å². The Balaban J connectivity index is 2.14. The number of aromatic nitrogens is 2. The third kappa shape index (κ3) is 3.19. The van der Waals surface area contributed by atoms with Gasteiger partial charge in [0, 0.05) is 19.7 Å². The van der Waals surface area contributed by atoms with Crippen LogP contribution < -0.4 is 0 Å². The van der Waals surface area contributed by atoms with Crippen molar-refractivity contribution in [1.29, 1.82) is 0 Å². The number of benzene rings is 1. The molecule has 1 unspecified atom stereocenters. The molecule has 1 amide bonds. The zero-order chi connectivity index (χ0) is 14.7. The Morgan fingerprint density at radius 1 is 1.30 bits per heavy atom. The van der Waals surface area contributed by atoms with Gasteiger partial charge in [-0.3, -0.25) is 4.79 Å². The lowest BCUT2D eigenvalue weighted by molar-refractivity contribution is -0.127. The third-order valence-corrected chi connectivity index (χ3v) is 3.77. The molecule has 20 heavy (non-hydrogen) atoms. The van der Waals surface area contributed by atoms with Crippen molar-refractivity contribution in [2.75, 3.05) is 14.1 Å². The highest BCUT2D eigenvalue weighted by Gasteiger charge is 2.20. The minimum Gasteiger partial charge on any atom is -0.411 e. The molecule has 106 valence electrons. The number of thioether (sulfide) groups is 1. The van der Waals surface area contributed by atoms with Crippen LogP contribution in [-0.4, -0.2) is 40.3 Å². The maximum Gasteiger partial charge on any atom is 0.277 e. The fourth-order valence-electron chi connectivity index (χ4n) is 1.74. The molecule has 0 saturated carbocycles. The van der Waals surface area contributed by atoms with Gasteiger partial charge in [-0.1, -0.05) is 30.0 Å². The van der Waals surface area contributed by atoms with Crippen LogP contribution in [0.2, 0.25) is 0 Å². The predicted octanol–water partition coefficient (Wildman–Crippen LogP) is 2.61. The van der Waals surface area contributed by atoms with Crippen molar-refractivity contribution in [2.45, 2.75) is 24.3 Å². The minimum atomic E-state index is -0.254. The van der Waals surface area contributed by atoms with E-state index in [1.807, 2.05) is 38.1 Å². The first-order chi connectivity index (χ1) is 9.49. The number of nitrogens with zero attached hydrogens (tertiary/aromatic N) is 3. The Bertz CT molecular complexity index is 610. The lowest BCUT2D eigenvalue weighted by Gasteiger charge is -2.14. The fraction of sp³-hybridized carbons (Fsp3) is 0.357. The molecular formula is C14H17N3O2S. The molecule has 1 aromatic heterocycles.